The van der Waals surface area contributed by atoms with Crippen molar-refractivity contribution in [2.45, 2.75) is 6.92 Å². The van der Waals surface area contributed by atoms with E-state index in [4.69, 9.17) is 0 Å². The molecule has 2 rings (SSSR count). The number of hydrogen-bond acceptors (Lipinski definition) is 3. The zero-order valence-corrected chi connectivity index (χ0v) is 8.11. The van der Waals surface area contributed by atoms with Gasteiger partial charge in [-0.15, -0.1) is 11.3 Å². The third kappa shape index (κ3) is 1.63. The highest BCUT2D eigenvalue weighted by molar-refractivity contribution is 7.14. The molecule has 0 radical (unpaired) electrons. The molecule has 2 aromatic heterocycles. The van der Waals surface area contributed by atoms with E-state index in [9.17, 15) is 8.78 Å². The summed E-state index contributed by atoms with van der Waals surface area (Å²) in [6.45, 7) is 1.63. The summed E-state index contributed by atoms with van der Waals surface area (Å²) in [7, 11) is 0. The fourth-order valence-corrected chi connectivity index (χ4v) is 1.81. The second-order valence-electron chi connectivity index (χ2n) is 2.76. The van der Waals surface area contributed by atoms with Crippen molar-refractivity contribution in [3.63, 3.8) is 0 Å². The highest BCUT2D eigenvalue weighted by Crippen LogP contribution is 2.26. The molecule has 0 spiro atoms. The first kappa shape index (κ1) is 9.21. The van der Waals surface area contributed by atoms with Crippen LogP contribution in [-0.4, -0.2) is 9.97 Å². The van der Waals surface area contributed by atoms with Gasteiger partial charge in [0, 0.05) is 11.8 Å². The molecule has 2 nitrogen and oxygen atoms in total. The van der Waals surface area contributed by atoms with E-state index in [1.807, 2.05) is 0 Å². The minimum absolute atomic E-state index is 0.448. The number of halogens is 2. The van der Waals surface area contributed by atoms with Crippen LogP contribution in [0.1, 0.15) is 4.88 Å². The highest BCUT2D eigenvalue weighted by atomic mass is 32.1. The number of aryl methyl sites for hydroxylation is 1. The van der Waals surface area contributed by atoms with Crippen molar-refractivity contribution in [3.8, 4) is 10.6 Å². The lowest BCUT2D eigenvalue weighted by Gasteiger charge is -1.93. The number of pyridine rings is 1. The summed E-state index contributed by atoms with van der Waals surface area (Å²) in [6, 6.07) is 1.28. The SMILES string of the molecule is Cc1sc(-c2cncc(F)c2)nc1F. The molecule has 0 unspecified atom stereocenters. The Bertz CT molecular complexity index is 448. The van der Waals surface area contributed by atoms with Gasteiger partial charge in [0.05, 0.1) is 11.1 Å². The van der Waals surface area contributed by atoms with Crippen molar-refractivity contribution in [1.29, 1.82) is 0 Å². The van der Waals surface area contributed by atoms with Crippen LogP contribution in [0.5, 0.6) is 0 Å². The maximum absolute atomic E-state index is 12.9. The smallest absolute Gasteiger partial charge is 0.227 e. The third-order valence-electron chi connectivity index (χ3n) is 1.69. The lowest BCUT2D eigenvalue weighted by atomic mass is 10.3. The second-order valence-corrected chi connectivity index (χ2v) is 3.96. The van der Waals surface area contributed by atoms with Crippen LogP contribution in [0.2, 0.25) is 0 Å². The van der Waals surface area contributed by atoms with Crippen molar-refractivity contribution < 1.29 is 8.78 Å². The van der Waals surface area contributed by atoms with Crippen LogP contribution in [0.15, 0.2) is 18.5 Å². The Morgan fingerprint density at radius 2 is 2.07 bits per heavy atom. The monoisotopic (exact) mass is 212 g/mol. The van der Waals surface area contributed by atoms with Crippen LogP contribution in [-0.2, 0) is 0 Å². The molecule has 0 aliphatic rings. The molecule has 14 heavy (non-hydrogen) atoms. The topological polar surface area (TPSA) is 25.8 Å². The summed E-state index contributed by atoms with van der Waals surface area (Å²) < 4.78 is 25.7. The largest absolute Gasteiger partial charge is 0.261 e. The zero-order chi connectivity index (χ0) is 10.1. The highest BCUT2D eigenvalue weighted by Gasteiger charge is 2.09. The van der Waals surface area contributed by atoms with Crippen LogP contribution in [0, 0.1) is 18.7 Å². The lowest BCUT2D eigenvalue weighted by Crippen LogP contribution is -1.82. The molecule has 0 N–H and O–H groups in total. The molecule has 0 bridgehead atoms. The molecule has 5 heteroatoms. The average Bonchev–Trinajstić information content (AvgIpc) is 2.47. The Kier molecular flexibility index (Phi) is 2.25. The van der Waals surface area contributed by atoms with E-state index in [2.05, 4.69) is 9.97 Å². The van der Waals surface area contributed by atoms with Crippen molar-refractivity contribution in [2.24, 2.45) is 0 Å². The van der Waals surface area contributed by atoms with Crippen LogP contribution < -0.4 is 0 Å². The van der Waals surface area contributed by atoms with E-state index in [0.717, 1.165) is 6.20 Å². The van der Waals surface area contributed by atoms with Crippen LogP contribution in [0.3, 0.4) is 0 Å². The van der Waals surface area contributed by atoms with Gasteiger partial charge >= 0.3 is 0 Å². The molecule has 2 aromatic rings. The number of thiazole rings is 1. The molecule has 0 aliphatic carbocycles. The molecule has 0 fully saturated rings. The zero-order valence-electron chi connectivity index (χ0n) is 7.29. The molecule has 0 saturated heterocycles. The number of hydrogen-bond donors (Lipinski definition) is 0. The van der Waals surface area contributed by atoms with E-state index in [0.29, 0.717) is 15.4 Å². The molecule has 2 heterocycles. The first-order valence-electron chi connectivity index (χ1n) is 3.90. The van der Waals surface area contributed by atoms with E-state index in [1.165, 1.54) is 23.6 Å². The van der Waals surface area contributed by atoms with Gasteiger partial charge in [-0.05, 0) is 13.0 Å². The Hall–Kier alpha value is -1.36. The molecule has 72 valence electrons. The summed E-state index contributed by atoms with van der Waals surface area (Å²) in [5, 5.41) is 0.451. The number of nitrogens with zero attached hydrogens (tertiary/aromatic N) is 2. The van der Waals surface area contributed by atoms with Gasteiger partial charge in [-0.25, -0.2) is 9.37 Å². The Labute approximate surface area is 83.3 Å². The summed E-state index contributed by atoms with van der Waals surface area (Å²) in [5.74, 6) is -0.954. The Morgan fingerprint density at radius 3 is 2.64 bits per heavy atom. The molecular weight excluding hydrogens is 206 g/mol. The molecule has 0 aliphatic heterocycles. The summed E-state index contributed by atoms with van der Waals surface area (Å²) in [4.78, 5) is 7.83. The average molecular weight is 212 g/mol. The fraction of sp³-hybridized carbons (Fsp3) is 0.111. The summed E-state index contributed by atoms with van der Waals surface area (Å²) in [5.41, 5.74) is 0.502. The van der Waals surface area contributed by atoms with E-state index in [-0.39, 0.29) is 0 Å². The van der Waals surface area contributed by atoms with Crippen LogP contribution in [0.25, 0.3) is 10.6 Å². The molecular formula is C9H6F2N2S. The van der Waals surface area contributed by atoms with Gasteiger partial charge in [0.2, 0.25) is 5.95 Å². The first-order chi connectivity index (χ1) is 6.66. The maximum Gasteiger partial charge on any atom is 0.227 e. The van der Waals surface area contributed by atoms with E-state index >= 15 is 0 Å². The van der Waals surface area contributed by atoms with Gasteiger partial charge < -0.3 is 0 Å². The van der Waals surface area contributed by atoms with Crippen LogP contribution >= 0.6 is 11.3 Å². The van der Waals surface area contributed by atoms with E-state index < -0.39 is 11.8 Å². The molecule has 0 saturated carbocycles. The van der Waals surface area contributed by atoms with Crippen molar-refractivity contribution in [3.05, 3.63) is 35.1 Å². The van der Waals surface area contributed by atoms with Crippen molar-refractivity contribution >= 4 is 11.3 Å². The predicted molar refractivity (Wildman–Crippen MR) is 50.0 cm³/mol. The molecule has 0 amide bonds. The van der Waals surface area contributed by atoms with Gasteiger partial charge in [0.1, 0.15) is 10.8 Å². The van der Waals surface area contributed by atoms with Gasteiger partial charge in [-0.2, -0.15) is 4.39 Å². The minimum atomic E-state index is -0.505. The van der Waals surface area contributed by atoms with Gasteiger partial charge in [0.15, 0.2) is 0 Å². The number of aromatic nitrogens is 2. The van der Waals surface area contributed by atoms with Gasteiger partial charge in [-0.1, -0.05) is 0 Å². The minimum Gasteiger partial charge on any atom is -0.261 e. The molecule has 0 atom stereocenters. The lowest BCUT2D eigenvalue weighted by molar-refractivity contribution is 0.585. The van der Waals surface area contributed by atoms with Crippen molar-refractivity contribution in [1.82, 2.24) is 9.97 Å². The predicted octanol–water partition coefficient (Wildman–Crippen LogP) is 2.79. The standard InChI is InChI=1S/C9H6F2N2S/c1-5-8(11)13-9(14-5)6-2-7(10)4-12-3-6/h2-4H,1H3. The second kappa shape index (κ2) is 3.42. The maximum atomic E-state index is 12.9. The quantitative estimate of drug-likeness (QED) is 0.726. The van der Waals surface area contributed by atoms with E-state index in [1.54, 1.807) is 6.92 Å². The number of rotatable bonds is 1. The summed E-state index contributed by atoms with van der Waals surface area (Å²) >= 11 is 1.18. The first-order valence-corrected chi connectivity index (χ1v) is 4.72. The van der Waals surface area contributed by atoms with Gasteiger partial charge in [0.25, 0.3) is 0 Å². The Balaban J connectivity index is 2.49. The normalized spacial score (nSPS) is 10.5. The third-order valence-corrected chi connectivity index (χ3v) is 2.69. The summed E-state index contributed by atoms with van der Waals surface area (Å²) in [6.07, 6.45) is 2.56. The van der Waals surface area contributed by atoms with Crippen LogP contribution in [0.4, 0.5) is 8.78 Å². The van der Waals surface area contributed by atoms with Crippen molar-refractivity contribution in [2.75, 3.05) is 0 Å². The Morgan fingerprint density at radius 1 is 1.29 bits per heavy atom. The molecule has 0 aromatic carbocycles. The fourth-order valence-electron chi connectivity index (χ4n) is 1.03. The van der Waals surface area contributed by atoms with Gasteiger partial charge in [-0.3, -0.25) is 4.98 Å².